The summed E-state index contributed by atoms with van der Waals surface area (Å²) in [6.45, 7) is 0. The number of aromatic nitrogens is 2. The van der Waals surface area contributed by atoms with Crippen molar-refractivity contribution in [3.8, 4) is 0 Å². The van der Waals surface area contributed by atoms with Crippen LogP contribution in [-0.4, -0.2) is 30.1 Å². The van der Waals surface area contributed by atoms with E-state index in [-0.39, 0.29) is 0 Å². The Morgan fingerprint density at radius 3 is 2.92 bits per heavy atom. The second-order valence-electron chi connectivity index (χ2n) is 3.33. The maximum Gasteiger partial charge on any atom is 0.224 e. The van der Waals surface area contributed by atoms with Gasteiger partial charge in [0.05, 0.1) is 0 Å². The maximum atomic E-state index is 4.36. The average molecular weight is 178 g/mol. The third-order valence-corrected chi connectivity index (χ3v) is 2.32. The van der Waals surface area contributed by atoms with Gasteiger partial charge in [-0.25, -0.2) is 4.98 Å². The maximum absolute atomic E-state index is 4.36. The molecule has 0 amide bonds. The second kappa shape index (κ2) is 3.20. The first-order valence-electron chi connectivity index (χ1n) is 4.55. The van der Waals surface area contributed by atoms with Gasteiger partial charge in [0, 0.05) is 26.3 Å². The molecule has 0 saturated heterocycles. The van der Waals surface area contributed by atoms with E-state index in [0.717, 1.165) is 5.82 Å². The van der Waals surface area contributed by atoms with Gasteiger partial charge < -0.3 is 10.2 Å². The zero-order valence-corrected chi connectivity index (χ0v) is 7.99. The number of nitrogens with zero attached hydrogens (tertiary/aromatic N) is 3. The monoisotopic (exact) mass is 178 g/mol. The summed E-state index contributed by atoms with van der Waals surface area (Å²) in [4.78, 5) is 10.6. The van der Waals surface area contributed by atoms with Crippen molar-refractivity contribution < 1.29 is 0 Å². The molecule has 1 aliphatic rings. The molecule has 13 heavy (non-hydrogen) atoms. The molecule has 0 spiro atoms. The quantitative estimate of drug-likeness (QED) is 0.753. The van der Waals surface area contributed by atoms with E-state index in [9.17, 15) is 0 Å². The van der Waals surface area contributed by atoms with E-state index in [1.54, 1.807) is 6.20 Å². The number of nitrogens with one attached hydrogen (secondary N) is 1. The molecular weight excluding hydrogens is 164 g/mol. The Bertz CT molecular complexity index is 295. The minimum atomic E-state index is 0.685. The summed E-state index contributed by atoms with van der Waals surface area (Å²) in [5.74, 6) is 1.69. The van der Waals surface area contributed by atoms with Gasteiger partial charge in [-0.15, -0.1) is 0 Å². The molecule has 1 aliphatic carbocycles. The number of rotatable bonds is 3. The van der Waals surface area contributed by atoms with Crippen molar-refractivity contribution in [3.63, 3.8) is 0 Å². The summed E-state index contributed by atoms with van der Waals surface area (Å²) < 4.78 is 0. The van der Waals surface area contributed by atoms with Gasteiger partial charge in [0.25, 0.3) is 0 Å². The Balaban J connectivity index is 2.18. The van der Waals surface area contributed by atoms with Crippen LogP contribution < -0.4 is 10.2 Å². The van der Waals surface area contributed by atoms with Crippen LogP contribution in [0.1, 0.15) is 12.8 Å². The molecule has 1 saturated carbocycles. The molecule has 0 atom stereocenters. The average Bonchev–Trinajstić information content (AvgIpc) is 3.00. The fourth-order valence-corrected chi connectivity index (χ4v) is 1.31. The minimum absolute atomic E-state index is 0.685. The molecule has 0 aromatic carbocycles. The van der Waals surface area contributed by atoms with Gasteiger partial charge in [-0.1, -0.05) is 0 Å². The predicted molar refractivity (Wildman–Crippen MR) is 53.0 cm³/mol. The summed E-state index contributed by atoms with van der Waals surface area (Å²) in [5.41, 5.74) is 0. The van der Waals surface area contributed by atoms with Crippen molar-refractivity contribution in [2.24, 2.45) is 0 Å². The molecular formula is C9H14N4. The predicted octanol–water partition coefficient (Wildman–Crippen LogP) is 1.12. The molecule has 1 N–H and O–H groups in total. The standard InChI is InChI=1S/C9H14N4/c1-10-9-11-6-5-8(12-9)13(2)7-3-4-7/h5-7H,3-4H2,1-2H3,(H,10,11,12). The normalized spacial score (nSPS) is 15.5. The van der Waals surface area contributed by atoms with Crippen LogP contribution in [0.4, 0.5) is 11.8 Å². The molecule has 1 aromatic rings. The highest BCUT2D eigenvalue weighted by molar-refractivity contribution is 5.43. The SMILES string of the molecule is CNc1nccc(N(C)C2CC2)n1. The lowest BCUT2D eigenvalue weighted by atomic mass is 10.5. The zero-order valence-electron chi connectivity index (χ0n) is 7.99. The molecule has 4 nitrogen and oxygen atoms in total. The van der Waals surface area contributed by atoms with Crippen molar-refractivity contribution in [1.82, 2.24) is 9.97 Å². The van der Waals surface area contributed by atoms with Crippen LogP contribution in [0.2, 0.25) is 0 Å². The first kappa shape index (κ1) is 8.29. The number of hydrogen-bond acceptors (Lipinski definition) is 4. The zero-order chi connectivity index (χ0) is 9.26. The van der Waals surface area contributed by atoms with Crippen LogP contribution in [0.5, 0.6) is 0 Å². The van der Waals surface area contributed by atoms with Crippen LogP contribution in [-0.2, 0) is 0 Å². The van der Waals surface area contributed by atoms with E-state index in [2.05, 4.69) is 27.2 Å². The van der Waals surface area contributed by atoms with Crippen molar-refractivity contribution in [3.05, 3.63) is 12.3 Å². The molecule has 1 heterocycles. The van der Waals surface area contributed by atoms with Gasteiger partial charge in [0.1, 0.15) is 5.82 Å². The van der Waals surface area contributed by atoms with Crippen molar-refractivity contribution in [2.75, 3.05) is 24.3 Å². The largest absolute Gasteiger partial charge is 0.357 e. The highest BCUT2D eigenvalue weighted by Gasteiger charge is 2.27. The first-order chi connectivity index (χ1) is 6.31. The number of hydrogen-bond donors (Lipinski definition) is 1. The van der Waals surface area contributed by atoms with E-state index >= 15 is 0 Å². The van der Waals surface area contributed by atoms with Gasteiger partial charge in [0.15, 0.2) is 0 Å². The molecule has 1 fully saturated rings. The van der Waals surface area contributed by atoms with Crippen molar-refractivity contribution >= 4 is 11.8 Å². The van der Waals surface area contributed by atoms with Gasteiger partial charge in [-0.3, -0.25) is 0 Å². The molecule has 2 rings (SSSR count). The van der Waals surface area contributed by atoms with Gasteiger partial charge in [-0.05, 0) is 18.9 Å². The molecule has 0 bridgehead atoms. The summed E-state index contributed by atoms with van der Waals surface area (Å²) >= 11 is 0. The topological polar surface area (TPSA) is 41.1 Å². The van der Waals surface area contributed by atoms with Gasteiger partial charge >= 0.3 is 0 Å². The third kappa shape index (κ3) is 1.71. The smallest absolute Gasteiger partial charge is 0.224 e. The second-order valence-corrected chi connectivity index (χ2v) is 3.33. The van der Waals surface area contributed by atoms with Crippen molar-refractivity contribution in [2.45, 2.75) is 18.9 Å². The van der Waals surface area contributed by atoms with E-state index < -0.39 is 0 Å². The van der Waals surface area contributed by atoms with E-state index in [1.807, 2.05) is 13.1 Å². The van der Waals surface area contributed by atoms with E-state index in [4.69, 9.17) is 0 Å². The molecule has 70 valence electrons. The number of anilines is 2. The van der Waals surface area contributed by atoms with Crippen LogP contribution in [0.3, 0.4) is 0 Å². The Labute approximate surface area is 78.0 Å². The van der Waals surface area contributed by atoms with E-state index in [0.29, 0.717) is 12.0 Å². The Kier molecular flexibility index (Phi) is 2.04. The molecule has 4 heteroatoms. The molecule has 0 unspecified atom stereocenters. The fourth-order valence-electron chi connectivity index (χ4n) is 1.31. The Morgan fingerprint density at radius 2 is 2.31 bits per heavy atom. The van der Waals surface area contributed by atoms with E-state index in [1.165, 1.54) is 12.8 Å². The first-order valence-corrected chi connectivity index (χ1v) is 4.55. The Hall–Kier alpha value is -1.32. The van der Waals surface area contributed by atoms with Crippen LogP contribution in [0, 0.1) is 0 Å². The third-order valence-electron chi connectivity index (χ3n) is 2.32. The summed E-state index contributed by atoms with van der Waals surface area (Å²) in [6, 6.07) is 2.64. The van der Waals surface area contributed by atoms with Crippen LogP contribution in [0.15, 0.2) is 12.3 Å². The summed E-state index contributed by atoms with van der Waals surface area (Å²) in [6.07, 6.45) is 4.36. The fraction of sp³-hybridized carbons (Fsp3) is 0.556. The molecule has 1 aromatic heterocycles. The summed E-state index contributed by atoms with van der Waals surface area (Å²) in [5, 5.41) is 2.93. The Morgan fingerprint density at radius 1 is 1.54 bits per heavy atom. The highest BCUT2D eigenvalue weighted by atomic mass is 15.2. The lowest BCUT2D eigenvalue weighted by molar-refractivity contribution is 0.886. The van der Waals surface area contributed by atoms with Gasteiger partial charge in [0.2, 0.25) is 5.95 Å². The molecule has 0 aliphatic heterocycles. The highest BCUT2D eigenvalue weighted by Crippen LogP contribution is 2.28. The minimum Gasteiger partial charge on any atom is -0.357 e. The van der Waals surface area contributed by atoms with Crippen molar-refractivity contribution in [1.29, 1.82) is 0 Å². The molecule has 0 radical (unpaired) electrons. The lowest BCUT2D eigenvalue weighted by Crippen LogP contribution is -2.20. The van der Waals surface area contributed by atoms with Gasteiger partial charge in [-0.2, -0.15) is 4.98 Å². The lowest BCUT2D eigenvalue weighted by Gasteiger charge is -2.17. The summed E-state index contributed by atoms with van der Waals surface area (Å²) in [7, 11) is 3.91. The van der Waals surface area contributed by atoms with Crippen LogP contribution >= 0.6 is 0 Å². The van der Waals surface area contributed by atoms with Crippen LogP contribution in [0.25, 0.3) is 0 Å².